The summed E-state index contributed by atoms with van der Waals surface area (Å²) in [7, 11) is 3.18. The van der Waals surface area contributed by atoms with E-state index in [0.29, 0.717) is 73.2 Å². The summed E-state index contributed by atoms with van der Waals surface area (Å²) in [6.45, 7) is 9.80. The summed E-state index contributed by atoms with van der Waals surface area (Å²) in [5.41, 5.74) is 12.2. The number of carboxylic acids is 1. The first-order chi connectivity index (χ1) is 32.6. The molecule has 2 fully saturated rings. The second-order valence-electron chi connectivity index (χ2n) is 16.5. The van der Waals surface area contributed by atoms with Crippen molar-refractivity contribution in [2.45, 2.75) is 59.3 Å². The van der Waals surface area contributed by atoms with E-state index in [0.717, 1.165) is 46.4 Å². The van der Waals surface area contributed by atoms with E-state index in [4.69, 9.17) is 30.0 Å². The first-order valence-electron chi connectivity index (χ1n) is 22.2. The number of carbonyl (C=O) groups excluding carboxylic acids is 4. The third kappa shape index (κ3) is 14.4. The van der Waals surface area contributed by atoms with Gasteiger partial charge in [0.05, 0.1) is 33.2 Å². The number of benzene rings is 4. The van der Waals surface area contributed by atoms with Crippen molar-refractivity contribution in [2.75, 3.05) is 53.5 Å². The van der Waals surface area contributed by atoms with Gasteiger partial charge in [-0.3, -0.25) is 24.0 Å². The number of aromatic nitrogens is 2. The molecule has 3 heterocycles. The third-order valence-electron chi connectivity index (χ3n) is 12.0. The van der Waals surface area contributed by atoms with E-state index in [1.807, 2.05) is 70.2 Å². The van der Waals surface area contributed by atoms with Gasteiger partial charge in [0, 0.05) is 54.4 Å². The summed E-state index contributed by atoms with van der Waals surface area (Å²) >= 11 is 0. The predicted molar refractivity (Wildman–Crippen MR) is 254 cm³/mol. The molecule has 0 spiro atoms. The summed E-state index contributed by atoms with van der Waals surface area (Å²) in [6, 6.07) is 25.4. The highest BCUT2D eigenvalue weighted by atomic mass is 16.5. The molecule has 2 saturated heterocycles. The Balaban J connectivity index is 0.000000213. The summed E-state index contributed by atoms with van der Waals surface area (Å²) in [6.07, 6.45) is 2.39. The molecule has 0 atom stereocenters. The number of hydrogen-bond acceptors (Lipinski definition) is 12. The highest BCUT2D eigenvalue weighted by Gasteiger charge is 2.29. The van der Waals surface area contributed by atoms with Crippen LogP contribution in [-0.2, 0) is 14.4 Å². The summed E-state index contributed by atoms with van der Waals surface area (Å²) < 4.78 is 15.7. The quantitative estimate of drug-likeness (QED) is 0.0440. The molecule has 5 aromatic rings. The number of hydrogen-bond donors (Lipinski definition) is 5. The Kier molecular flexibility index (Phi) is 18.6. The highest BCUT2D eigenvalue weighted by Crippen LogP contribution is 2.29. The number of nitrogens with two attached hydrogens (primary N) is 1. The lowest BCUT2D eigenvalue weighted by atomic mass is 9.96. The Morgan fingerprint density at radius 2 is 1.19 bits per heavy atom. The number of carboxylic acid groups (broad SMARTS) is 1. The molecule has 1 aromatic heterocycles. The fourth-order valence-electron chi connectivity index (χ4n) is 7.38. The van der Waals surface area contributed by atoms with Crippen LogP contribution in [0.15, 0.2) is 94.6 Å². The lowest BCUT2D eigenvalue weighted by molar-refractivity contribution is -0.145. The van der Waals surface area contributed by atoms with E-state index in [1.54, 1.807) is 66.5 Å². The van der Waals surface area contributed by atoms with Gasteiger partial charge in [-0.1, -0.05) is 46.7 Å². The highest BCUT2D eigenvalue weighted by molar-refractivity contribution is 5.98. The number of amides is 4. The zero-order valence-corrected chi connectivity index (χ0v) is 39.3. The number of aliphatic carboxylic acids is 1. The van der Waals surface area contributed by atoms with Gasteiger partial charge in [-0.05, 0) is 124 Å². The average molecular weight is 933 g/mol. The van der Waals surface area contributed by atoms with Crippen molar-refractivity contribution in [3.8, 4) is 22.9 Å². The minimum absolute atomic E-state index is 0.0169. The molecule has 6 N–H and O–H groups in total. The Morgan fingerprint density at radius 3 is 1.68 bits per heavy atom. The van der Waals surface area contributed by atoms with Gasteiger partial charge in [-0.25, -0.2) is 0 Å². The van der Waals surface area contributed by atoms with Crippen LogP contribution in [0.1, 0.15) is 86.0 Å². The van der Waals surface area contributed by atoms with Crippen LogP contribution >= 0.6 is 0 Å². The molecular weight excluding hydrogens is 873 g/mol. The molecule has 18 nitrogen and oxygen atoms in total. The Hall–Kier alpha value is -7.76. The number of aryl methyl sites for hydroxylation is 4. The Bertz CT molecular complexity index is 2580. The van der Waals surface area contributed by atoms with E-state index in [9.17, 15) is 24.0 Å². The van der Waals surface area contributed by atoms with E-state index < -0.39 is 5.97 Å². The zero-order valence-electron chi connectivity index (χ0n) is 39.3. The fraction of sp³-hybridized carbons (Fsp3) is 0.360. The molecule has 0 radical (unpaired) electrons. The summed E-state index contributed by atoms with van der Waals surface area (Å²) in [5.74, 6) is 0.747. The maximum Gasteiger partial charge on any atom is 0.306 e. The first kappa shape index (κ1) is 51.2. The van der Waals surface area contributed by atoms with Crippen LogP contribution in [0.5, 0.6) is 11.5 Å². The van der Waals surface area contributed by atoms with Gasteiger partial charge >= 0.3 is 5.97 Å². The molecule has 2 aliphatic heterocycles. The summed E-state index contributed by atoms with van der Waals surface area (Å²) in [5, 5.41) is 29.7. The number of piperidine rings is 2. The number of amidine groups is 1. The van der Waals surface area contributed by atoms with Crippen LogP contribution < -0.4 is 25.8 Å². The van der Waals surface area contributed by atoms with Crippen molar-refractivity contribution in [3.05, 3.63) is 130 Å². The monoisotopic (exact) mass is 932 g/mol. The van der Waals surface area contributed by atoms with Crippen molar-refractivity contribution in [2.24, 2.45) is 16.8 Å². The zero-order chi connectivity index (χ0) is 49.3. The fourth-order valence-corrected chi connectivity index (χ4v) is 7.38. The maximum absolute atomic E-state index is 12.6. The van der Waals surface area contributed by atoms with Gasteiger partial charge in [0.15, 0.2) is 5.84 Å². The number of methoxy groups -OCH3 is 2. The number of rotatable bonds is 12. The van der Waals surface area contributed by atoms with E-state index in [1.165, 1.54) is 0 Å². The molecule has 0 unspecified atom stereocenters. The SMILES string of the molecule is COc1cccc(-c2noc(C3CCN(C(=O)CNC(=O)c4ccc(C)c(C)c4)CC3)n2)c1.COc1cccc(C(N)=NO)c1.Cc1ccc(C(=O)NCC(=O)N2CCC(C(=O)O)CC2)cc1C. The lowest BCUT2D eigenvalue weighted by Gasteiger charge is -2.30. The van der Waals surface area contributed by atoms with Crippen LogP contribution in [0, 0.1) is 33.6 Å². The van der Waals surface area contributed by atoms with Crippen LogP contribution in [0.25, 0.3) is 11.4 Å². The predicted octanol–water partition coefficient (Wildman–Crippen LogP) is 5.64. The van der Waals surface area contributed by atoms with Crippen molar-refractivity contribution in [1.29, 1.82) is 0 Å². The van der Waals surface area contributed by atoms with Gasteiger partial charge in [0.2, 0.25) is 23.5 Å². The van der Waals surface area contributed by atoms with Crippen LogP contribution in [-0.4, -0.2) is 119 Å². The third-order valence-corrected chi connectivity index (χ3v) is 12.0. The molecule has 4 amide bonds. The molecule has 18 heteroatoms. The first-order valence-corrected chi connectivity index (χ1v) is 22.2. The van der Waals surface area contributed by atoms with E-state index >= 15 is 0 Å². The standard InChI is InChI=1S/C25H28N4O4.C17H22N2O4.C8H10N2O2/c1-16-7-8-20(13-17(16)2)24(31)26-15-22(30)29-11-9-18(10-12-29)25-27-23(28-33-25)19-5-4-6-21(14-19)32-3;1-11-3-4-14(9-12(11)2)16(21)18-10-15(20)19-7-5-13(6-8-19)17(22)23;1-12-7-4-2-3-6(5-7)8(9)10-11/h4-8,13-14,18H,9-12,15H2,1-3H3,(H,26,31);3-4,9,13H,5-8,10H2,1-2H3,(H,18,21)(H,22,23);2-5,11H,1H3,(H2,9,10). The molecule has 0 aliphatic carbocycles. The lowest BCUT2D eigenvalue weighted by Crippen LogP contribution is -2.45. The number of ether oxygens (including phenoxy) is 2. The molecule has 68 heavy (non-hydrogen) atoms. The molecule has 2 aliphatic rings. The maximum atomic E-state index is 12.6. The molecule has 0 saturated carbocycles. The van der Waals surface area contributed by atoms with Crippen LogP contribution in [0.2, 0.25) is 0 Å². The van der Waals surface area contributed by atoms with Gasteiger partial charge < -0.3 is 50.5 Å². The average Bonchev–Trinajstić information content (AvgIpc) is 3.87. The van der Waals surface area contributed by atoms with Gasteiger partial charge in [-0.2, -0.15) is 4.98 Å². The number of nitrogens with one attached hydrogen (secondary N) is 2. The topological polar surface area (TPSA) is 252 Å². The van der Waals surface area contributed by atoms with Crippen molar-refractivity contribution >= 4 is 35.4 Å². The van der Waals surface area contributed by atoms with E-state index in [-0.39, 0.29) is 54.4 Å². The van der Waals surface area contributed by atoms with E-state index in [2.05, 4.69) is 25.9 Å². The minimum atomic E-state index is -0.805. The van der Waals surface area contributed by atoms with Crippen LogP contribution in [0.3, 0.4) is 0 Å². The number of carbonyl (C=O) groups is 5. The molecule has 360 valence electrons. The van der Waals surface area contributed by atoms with Crippen LogP contribution in [0.4, 0.5) is 0 Å². The van der Waals surface area contributed by atoms with Crippen molar-refractivity contribution in [3.63, 3.8) is 0 Å². The Labute approximate surface area is 395 Å². The Morgan fingerprint density at radius 1 is 0.691 bits per heavy atom. The molecule has 4 aromatic carbocycles. The number of nitrogens with zero attached hydrogens (tertiary/aromatic N) is 5. The largest absolute Gasteiger partial charge is 0.497 e. The van der Waals surface area contributed by atoms with Gasteiger partial charge in [-0.15, -0.1) is 0 Å². The second-order valence-corrected chi connectivity index (χ2v) is 16.5. The number of oxime groups is 1. The van der Waals surface area contributed by atoms with Gasteiger partial charge in [0.1, 0.15) is 11.5 Å². The number of likely N-dealkylation sites (tertiary alicyclic amines) is 2. The normalized spacial score (nSPS) is 14.1. The van der Waals surface area contributed by atoms with Gasteiger partial charge in [0.25, 0.3) is 11.8 Å². The molecular formula is C50H60N8O10. The van der Waals surface area contributed by atoms with Crippen molar-refractivity contribution < 1.29 is 48.3 Å². The smallest absolute Gasteiger partial charge is 0.306 e. The second kappa shape index (κ2) is 24.7. The summed E-state index contributed by atoms with van der Waals surface area (Å²) in [4.78, 5) is 68.0. The molecule has 7 rings (SSSR count). The van der Waals surface area contributed by atoms with Crippen molar-refractivity contribution in [1.82, 2.24) is 30.6 Å². The molecule has 0 bridgehead atoms. The minimum Gasteiger partial charge on any atom is -0.497 e.